The Balaban J connectivity index is 1.03. The zero-order chi connectivity index (χ0) is 38.1. The molecule has 0 fully saturated rings. The molecule has 2 heterocycles. The first kappa shape index (κ1) is 34.2. The molecule has 0 radical (unpaired) electrons. The van der Waals surface area contributed by atoms with E-state index >= 15 is 0 Å². The van der Waals surface area contributed by atoms with E-state index in [2.05, 4.69) is 198 Å². The number of rotatable bonds is 7. The standard InChI is InChI=1S/C54H40N2O/c1-38-12-9-10-37-57-54-48(38)17-11-18-49(54)43-27-31-45(32-28-43)55(44-29-25-42(26-30-44)41-23-21-40(22-24-41)39-13-3-2-4-14-39)46-33-35-47(36-34-46)56-52-19-7-5-15-50(52)51-16-6-8-20-53(51)56/h2-5,7-15,17-37H,1,6,16H2/b12-9-,37-10-. The molecule has 0 N–H and O–H groups in total. The molecular weight excluding hydrogens is 693 g/mol. The summed E-state index contributed by atoms with van der Waals surface area (Å²) in [5, 5.41) is 1.34. The van der Waals surface area contributed by atoms with Crippen molar-refractivity contribution in [3.05, 3.63) is 224 Å². The molecule has 0 bridgehead atoms. The van der Waals surface area contributed by atoms with Gasteiger partial charge in [-0.1, -0.05) is 140 Å². The van der Waals surface area contributed by atoms with Crippen molar-refractivity contribution < 1.29 is 4.74 Å². The second kappa shape index (κ2) is 14.7. The third-order valence-corrected chi connectivity index (χ3v) is 11.1. The van der Waals surface area contributed by atoms with Crippen LogP contribution in [-0.2, 0) is 6.42 Å². The molecule has 10 rings (SSSR count). The van der Waals surface area contributed by atoms with Gasteiger partial charge in [-0.2, -0.15) is 0 Å². The minimum Gasteiger partial charge on any atom is -0.464 e. The molecule has 3 heteroatoms. The maximum Gasteiger partial charge on any atom is 0.142 e. The molecule has 0 atom stereocenters. The molecule has 0 spiro atoms. The molecule has 8 aromatic rings. The van der Waals surface area contributed by atoms with Gasteiger partial charge in [0.25, 0.3) is 0 Å². The van der Waals surface area contributed by atoms with Gasteiger partial charge in [0.2, 0.25) is 0 Å². The minimum absolute atomic E-state index is 0.810. The van der Waals surface area contributed by atoms with E-state index in [4.69, 9.17) is 4.74 Å². The highest BCUT2D eigenvalue weighted by molar-refractivity contribution is 5.91. The number of fused-ring (bicyclic) bond motifs is 4. The van der Waals surface area contributed by atoms with Crippen LogP contribution >= 0.6 is 0 Å². The molecule has 0 saturated heterocycles. The predicted molar refractivity (Wildman–Crippen MR) is 240 cm³/mol. The van der Waals surface area contributed by atoms with Crippen molar-refractivity contribution in [2.75, 3.05) is 4.90 Å². The summed E-state index contributed by atoms with van der Waals surface area (Å²) in [4.78, 5) is 2.33. The Hall–Kier alpha value is -7.36. The van der Waals surface area contributed by atoms with E-state index in [1.165, 1.54) is 44.4 Å². The molecular formula is C54H40N2O. The Bertz CT molecular complexity index is 2840. The van der Waals surface area contributed by atoms with Crippen LogP contribution in [0.15, 0.2) is 207 Å². The number of para-hydroxylation sites is 2. The highest BCUT2D eigenvalue weighted by atomic mass is 16.5. The van der Waals surface area contributed by atoms with E-state index in [1.807, 2.05) is 18.2 Å². The van der Waals surface area contributed by atoms with Crippen LogP contribution in [0, 0.1) is 0 Å². The van der Waals surface area contributed by atoms with E-state index in [0.29, 0.717) is 0 Å². The number of nitrogens with zero attached hydrogens (tertiary/aromatic N) is 2. The fourth-order valence-electron chi connectivity index (χ4n) is 8.30. The average Bonchev–Trinajstić information content (AvgIpc) is 3.61. The van der Waals surface area contributed by atoms with Gasteiger partial charge < -0.3 is 14.2 Å². The van der Waals surface area contributed by atoms with Gasteiger partial charge in [-0.05, 0) is 119 Å². The van der Waals surface area contributed by atoms with Gasteiger partial charge in [-0.25, -0.2) is 0 Å². The summed E-state index contributed by atoms with van der Waals surface area (Å²) in [6.45, 7) is 4.28. The maximum absolute atomic E-state index is 6.17. The van der Waals surface area contributed by atoms with Gasteiger partial charge in [0.15, 0.2) is 0 Å². The van der Waals surface area contributed by atoms with Crippen LogP contribution in [0.5, 0.6) is 5.75 Å². The lowest BCUT2D eigenvalue weighted by atomic mass is 9.97. The number of ether oxygens (including phenoxy) is 1. The normalized spacial score (nSPS) is 14.2. The first-order valence-corrected chi connectivity index (χ1v) is 19.6. The minimum atomic E-state index is 0.810. The molecule has 0 unspecified atom stereocenters. The average molecular weight is 733 g/mol. The molecule has 1 aliphatic carbocycles. The highest BCUT2D eigenvalue weighted by Crippen LogP contribution is 2.42. The third kappa shape index (κ3) is 6.39. The Labute approximate surface area is 334 Å². The van der Waals surface area contributed by atoms with Crippen molar-refractivity contribution >= 4 is 39.6 Å². The Morgan fingerprint density at radius 1 is 0.509 bits per heavy atom. The van der Waals surface area contributed by atoms with Gasteiger partial charge in [0.05, 0.1) is 11.8 Å². The molecule has 1 aromatic heterocycles. The quantitative estimate of drug-likeness (QED) is 0.162. The van der Waals surface area contributed by atoms with Crippen molar-refractivity contribution in [2.45, 2.75) is 12.8 Å². The van der Waals surface area contributed by atoms with Crippen molar-refractivity contribution in [1.82, 2.24) is 4.57 Å². The fraction of sp³-hybridized carbons (Fsp3) is 0.0370. The summed E-state index contributed by atoms with van der Waals surface area (Å²) in [5.74, 6) is 0.810. The number of aromatic nitrogens is 1. The van der Waals surface area contributed by atoms with Gasteiger partial charge in [-0.15, -0.1) is 0 Å². The summed E-state index contributed by atoms with van der Waals surface area (Å²) < 4.78 is 8.58. The maximum atomic E-state index is 6.17. The predicted octanol–water partition coefficient (Wildman–Crippen LogP) is 14.5. The Morgan fingerprint density at radius 3 is 1.79 bits per heavy atom. The monoisotopic (exact) mass is 732 g/mol. The molecule has 3 nitrogen and oxygen atoms in total. The van der Waals surface area contributed by atoms with Crippen LogP contribution in [0.1, 0.15) is 23.2 Å². The SMILES string of the molecule is C=C1/C=C\C=C/Oc2c1cccc2-c1ccc(N(c2ccc(-c3ccc(-c4ccccc4)cc3)cc2)c2ccc(-n3c4c(c5ccccc53)CCC=C4)cc2)cc1. The highest BCUT2D eigenvalue weighted by Gasteiger charge is 2.20. The van der Waals surface area contributed by atoms with Crippen LogP contribution in [-0.4, -0.2) is 4.57 Å². The van der Waals surface area contributed by atoms with Gasteiger partial charge in [0, 0.05) is 45.0 Å². The second-order valence-electron chi connectivity index (χ2n) is 14.6. The molecule has 2 aliphatic rings. The number of hydrogen-bond donors (Lipinski definition) is 0. The van der Waals surface area contributed by atoms with Crippen molar-refractivity contribution in [3.8, 4) is 44.8 Å². The summed E-state index contributed by atoms with van der Waals surface area (Å²) >= 11 is 0. The molecule has 57 heavy (non-hydrogen) atoms. The smallest absolute Gasteiger partial charge is 0.142 e. The van der Waals surface area contributed by atoms with E-state index < -0.39 is 0 Å². The summed E-state index contributed by atoms with van der Waals surface area (Å²) in [7, 11) is 0. The number of hydrogen-bond acceptors (Lipinski definition) is 2. The lowest BCUT2D eigenvalue weighted by molar-refractivity contribution is 0.481. The molecule has 272 valence electrons. The van der Waals surface area contributed by atoms with Crippen LogP contribution in [0.4, 0.5) is 17.1 Å². The van der Waals surface area contributed by atoms with Crippen molar-refractivity contribution in [2.24, 2.45) is 0 Å². The van der Waals surface area contributed by atoms with E-state index in [-0.39, 0.29) is 0 Å². The van der Waals surface area contributed by atoms with Gasteiger partial charge in [-0.3, -0.25) is 0 Å². The Kier molecular flexibility index (Phi) is 8.81. The summed E-state index contributed by atoms with van der Waals surface area (Å²) in [5.41, 5.74) is 17.1. The Morgan fingerprint density at radius 2 is 1.09 bits per heavy atom. The van der Waals surface area contributed by atoms with Crippen molar-refractivity contribution in [3.63, 3.8) is 0 Å². The number of anilines is 3. The molecule has 0 saturated carbocycles. The van der Waals surface area contributed by atoms with Crippen LogP contribution in [0.25, 0.3) is 61.6 Å². The van der Waals surface area contributed by atoms with Crippen LogP contribution < -0.4 is 9.64 Å². The third-order valence-electron chi connectivity index (χ3n) is 11.1. The first-order chi connectivity index (χ1) is 28.2. The largest absolute Gasteiger partial charge is 0.464 e. The van der Waals surface area contributed by atoms with E-state index in [9.17, 15) is 0 Å². The van der Waals surface area contributed by atoms with E-state index in [0.717, 1.165) is 63.6 Å². The number of aryl methyl sites for hydroxylation is 1. The molecule has 1 aliphatic heterocycles. The number of allylic oxidation sites excluding steroid dienone is 5. The van der Waals surface area contributed by atoms with Crippen LogP contribution in [0.3, 0.4) is 0 Å². The topological polar surface area (TPSA) is 17.4 Å². The lowest BCUT2D eigenvalue weighted by Crippen LogP contribution is -2.10. The zero-order valence-electron chi connectivity index (χ0n) is 31.6. The fourth-order valence-corrected chi connectivity index (χ4v) is 8.30. The zero-order valence-corrected chi connectivity index (χ0v) is 31.6. The first-order valence-electron chi connectivity index (χ1n) is 19.6. The van der Waals surface area contributed by atoms with Crippen LogP contribution in [0.2, 0.25) is 0 Å². The van der Waals surface area contributed by atoms with Gasteiger partial charge in [0.1, 0.15) is 5.75 Å². The van der Waals surface area contributed by atoms with E-state index in [1.54, 1.807) is 6.26 Å². The van der Waals surface area contributed by atoms with Gasteiger partial charge >= 0.3 is 0 Å². The summed E-state index contributed by atoms with van der Waals surface area (Å²) in [6.07, 6.45) is 14.3. The molecule has 0 amide bonds. The second-order valence-corrected chi connectivity index (χ2v) is 14.6. The lowest BCUT2D eigenvalue weighted by Gasteiger charge is -2.26. The van der Waals surface area contributed by atoms with Crippen molar-refractivity contribution in [1.29, 1.82) is 0 Å². The number of benzene rings is 7. The molecule has 7 aromatic carbocycles. The summed E-state index contributed by atoms with van der Waals surface area (Å²) in [6, 6.07) is 61.0.